The van der Waals surface area contributed by atoms with Gasteiger partial charge < -0.3 is 9.80 Å². The minimum atomic E-state index is -0.182. The molecule has 1 aromatic heterocycles. The Morgan fingerprint density at radius 1 is 1.39 bits per heavy atom. The Bertz CT molecular complexity index is 583. The van der Waals surface area contributed by atoms with E-state index in [1.54, 1.807) is 0 Å². The van der Waals surface area contributed by atoms with Crippen LogP contribution in [-0.4, -0.2) is 40.7 Å². The van der Waals surface area contributed by atoms with Gasteiger partial charge >= 0.3 is 0 Å². The van der Waals surface area contributed by atoms with Crippen LogP contribution in [0.3, 0.4) is 0 Å². The first-order chi connectivity index (χ1) is 11.1. The lowest BCUT2D eigenvalue weighted by Gasteiger charge is -2.26. The fourth-order valence-electron chi connectivity index (χ4n) is 3.69. The molecule has 0 spiro atoms. The van der Waals surface area contributed by atoms with Crippen molar-refractivity contribution in [3.8, 4) is 0 Å². The molecule has 2 amide bonds. The molecule has 6 heteroatoms. The summed E-state index contributed by atoms with van der Waals surface area (Å²) in [7, 11) is 0. The fraction of sp³-hybridized carbons (Fsp3) is 0.647. The smallest absolute Gasteiger partial charge is 0.228 e. The Morgan fingerprint density at radius 2 is 2.13 bits per heavy atom. The van der Waals surface area contributed by atoms with E-state index in [-0.39, 0.29) is 17.7 Å². The summed E-state index contributed by atoms with van der Waals surface area (Å²) in [6.07, 6.45) is 4.97. The zero-order valence-corrected chi connectivity index (χ0v) is 15.0. The molecule has 1 aliphatic heterocycles. The van der Waals surface area contributed by atoms with Crippen LogP contribution in [0.4, 0.5) is 0 Å². The number of carbonyl (C=O) groups excluding carboxylic acids is 2. The van der Waals surface area contributed by atoms with Gasteiger partial charge in [0.2, 0.25) is 11.8 Å². The van der Waals surface area contributed by atoms with Crippen molar-refractivity contribution in [2.75, 3.05) is 13.1 Å². The van der Waals surface area contributed by atoms with E-state index in [4.69, 9.17) is 11.6 Å². The number of rotatable bonds is 5. The van der Waals surface area contributed by atoms with Crippen LogP contribution in [0.1, 0.15) is 43.9 Å². The molecule has 4 nitrogen and oxygen atoms in total. The molecule has 126 valence electrons. The lowest BCUT2D eigenvalue weighted by Crippen LogP contribution is -2.38. The molecule has 0 unspecified atom stereocenters. The minimum absolute atomic E-state index is 0.103. The largest absolute Gasteiger partial charge is 0.339 e. The van der Waals surface area contributed by atoms with Gasteiger partial charge in [-0.05, 0) is 31.9 Å². The van der Waals surface area contributed by atoms with E-state index in [0.717, 1.165) is 22.1 Å². The van der Waals surface area contributed by atoms with Gasteiger partial charge in [-0.2, -0.15) is 0 Å². The van der Waals surface area contributed by atoms with E-state index < -0.39 is 0 Å². The number of amides is 2. The molecule has 0 radical (unpaired) electrons. The summed E-state index contributed by atoms with van der Waals surface area (Å²) >= 11 is 7.48. The van der Waals surface area contributed by atoms with Crippen molar-refractivity contribution in [3.63, 3.8) is 0 Å². The molecule has 0 bridgehead atoms. The first-order valence-corrected chi connectivity index (χ1v) is 9.60. The molecule has 2 heterocycles. The predicted octanol–water partition coefficient (Wildman–Crippen LogP) is 3.54. The maximum atomic E-state index is 12.8. The Hall–Kier alpha value is -1.07. The highest BCUT2D eigenvalue weighted by Crippen LogP contribution is 2.31. The van der Waals surface area contributed by atoms with Crippen LogP contribution < -0.4 is 0 Å². The summed E-state index contributed by atoms with van der Waals surface area (Å²) < 4.78 is 0.743. The summed E-state index contributed by atoms with van der Waals surface area (Å²) in [6.45, 7) is 3.83. The molecule has 0 aromatic carbocycles. The quantitative estimate of drug-likeness (QED) is 0.811. The SMILES string of the molecule is CCN(Cc1ccc(Cl)s1)C(=O)[C@H]1CC(=O)N(C2CCCC2)C1. The first kappa shape index (κ1) is 16.8. The van der Waals surface area contributed by atoms with Crippen LogP contribution in [-0.2, 0) is 16.1 Å². The van der Waals surface area contributed by atoms with E-state index in [1.807, 2.05) is 28.9 Å². The van der Waals surface area contributed by atoms with Crippen molar-refractivity contribution in [2.45, 2.75) is 51.6 Å². The van der Waals surface area contributed by atoms with Crippen molar-refractivity contribution < 1.29 is 9.59 Å². The molecular weight excluding hydrogens is 332 g/mol. The third-order valence-electron chi connectivity index (χ3n) is 4.94. The monoisotopic (exact) mass is 354 g/mol. The molecule has 0 N–H and O–H groups in total. The van der Waals surface area contributed by atoms with E-state index in [2.05, 4.69) is 0 Å². The van der Waals surface area contributed by atoms with Crippen LogP contribution in [0.25, 0.3) is 0 Å². The van der Waals surface area contributed by atoms with E-state index in [9.17, 15) is 9.59 Å². The zero-order valence-electron chi connectivity index (χ0n) is 13.5. The molecule has 2 fully saturated rings. The van der Waals surface area contributed by atoms with Crippen molar-refractivity contribution in [2.24, 2.45) is 5.92 Å². The topological polar surface area (TPSA) is 40.6 Å². The fourth-order valence-corrected chi connectivity index (χ4v) is 4.80. The average Bonchev–Trinajstić information content (AvgIpc) is 3.25. The molecule has 1 aliphatic carbocycles. The number of nitrogens with zero attached hydrogens (tertiary/aromatic N) is 2. The summed E-state index contributed by atoms with van der Waals surface area (Å²) in [5.41, 5.74) is 0. The van der Waals surface area contributed by atoms with Crippen molar-refractivity contribution in [3.05, 3.63) is 21.3 Å². The van der Waals surface area contributed by atoms with E-state index in [1.165, 1.54) is 24.2 Å². The van der Waals surface area contributed by atoms with Crippen molar-refractivity contribution in [1.82, 2.24) is 9.80 Å². The standard InChI is InChI=1S/C17H23ClN2O2S/c1-2-19(11-14-7-8-15(18)23-14)17(22)12-9-16(21)20(10-12)13-5-3-4-6-13/h7-8,12-13H,2-6,9-11H2,1H3/t12-/m0/s1. The third kappa shape index (κ3) is 3.72. The van der Waals surface area contributed by atoms with Crippen molar-refractivity contribution >= 4 is 34.8 Å². The highest BCUT2D eigenvalue weighted by Gasteiger charge is 2.39. The second-order valence-electron chi connectivity index (χ2n) is 6.44. The van der Waals surface area contributed by atoms with Crippen LogP contribution in [0.5, 0.6) is 0 Å². The third-order valence-corrected chi connectivity index (χ3v) is 6.16. The van der Waals surface area contributed by atoms with Crippen LogP contribution in [0.15, 0.2) is 12.1 Å². The second-order valence-corrected chi connectivity index (χ2v) is 8.24. The van der Waals surface area contributed by atoms with Gasteiger partial charge in [-0.1, -0.05) is 24.4 Å². The maximum absolute atomic E-state index is 12.8. The van der Waals surface area contributed by atoms with Gasteiger partial charge in [0.1, 0.15) is 0 Å². The van der Waals surface area contributed by atoms with Crippen LogP contribution in [0.2, 0.25) is 4.34 Å². The van der Waals surface area contributed by atoms with E-state index >= 15 is 0 Å². The van der Waals surface area contributed by atoms with Crippen molar-refractivity contribution in [1.29, 1.82) is 0 Å². The lowest BCUT2D eigenvalue weighted by atomic mass is 10.1. The molecule has 23 heavy (non-hydrogen) atoms. The summed E-state index contributed by atoms with van der Waals surface area (Å²) in [5.74, 6) is 0.0785. The van der Waals surface area contributed by atoms with Gasteiger partial charge in [0.15, 0.2) is 0 Å². The molecule has 2 aliphatic rings. The molecule has 1 atom stereocenters. The average molecular weight is 355 g/mol. The number of halogens is 1. The normalized spacial score (nSPS) is 22.1. The maximum Gasteiger partial charge on any atom is 0.228 e. The van der Waals surface area contributed by atoms with Gasteiger partial charge in [0.05, 0.1) is 16.8 Å². The molecule has 1 aromatic rings. The summed E-state index contributed by atoms with van der Waals surface area (Å²) in [5, 5.41) is 0. The lowest BCUT2D eigenvalue weighted by molar-refractivity contribution is -0.136. The van der Waals surface area contributed by atoms with Crippen LogP contribution >= 0.6 is 22.9 Å². The number of hydrogen-bond acceptors (Lipinski definition) is 3. The highest BCUT2D eigenvalue weighted by molar-refractivity contribution is 7.16. The number of thiophene rings is 1. The summed E-state index contributed by atoms with van der Waals surface area (Å²) in [4.78, 5) is 30.0. The van der Waals surface area contributed by atoms with Gasteiger partial charge in [0, 0.05) is 30.4 Å². The van der Waals surface area contributed by atoms with Crippen LogP contribution in [0, 0.1) is 5.92 Å². The summed E-state index contributed by atoms with van der Waals surface area (Å²) in [6, 6.07) is 4.19. The Labute approximate surface area is 146 Å². The number of likely N-dealkylation sites (tertiary alicyclic amines) is 1. The molecule has 3 rings (SSSR count). The zero-order chi connectivity index (χ0) is 16.4. The Balaban J connectivity index is 1.63. The predicted molar refractivity (Wildman–Crippen MR) is 92.5 cm³/mol. The molecular formula is C17H23ClN2O2S. The van der Waals surface area contributed by atoms with Gasteiger partial charge in [0.25, 0.3) is 0 Å². The minimum Gasteiger partial charge on any atom is -0.339 e. The number of carbonyl (C=O) groups is 2. The van der Waals surface area contributed by atoms with Gasteiger partial charge in [-0.3, -0.25) is 9.59 Å². The highest BCUT2D eigenvalue weighted by atomic mass is 35.5. The second kappa shape index (κ2) is 7.22. The Morgan fingerprint density at radius 3 is 2.74 bits per heavy atom. The van der Waals surface area contributed by atoms with E-state index in [0.29, 0.717) is 32.1 Å². The number of hydrogen-bond donors (Lipinski definition) is 0. The first-order valence-electron chi connectivity index (χ1n) is 8.41. The Kier molecular flexibility index (Phi) is 5.27. The molecule has 1 saturated carbocycles. The molecule has 1 saturated heterocycles. The van der Waals surface area contributed by atoms with Gasteiger partial charge in [-0.25, -0.2) is 0 Å². The van der Waals surface area contributed by atoms with Gasteiger partial charge in [-0.15, -0.1) is 11.3 Å².